The second-order valence-electron chi connectivity index (χ2n) is 5.58. The first-order valence-electron chi connectivity index (χ1n) is 8.03. The first-order chi connectivity index (χ1) is 11.1. The molecule has 1 saturated heterocycles. The standard InChI is InChI=1S/C17H23N3O3.ClH/c1-2-9-18-10-11-19-17(23)14-5-3-13(4-6-14)12-20-15(21)7-8-16(20)22;/h3-6,18H,2,7-12H2,1H3,(H,19,23);1H. The molecular weight excluding hydrogens is 330 g/mol. The average molecular weight is 354 g/mol. The number of hydrogen-bond acceptors (Lipinski definition) is 4. The van der Waals surface area contributed by atoms with Crippen LogP contribution in [0.15, 0.2) is 24.3 Å². The second-order valence-corrected chi connectivity index (χ2v) is 5.58. The maximum atomic E-state index is 12.0. The van der Waals surface area contributed by atoms with Crippen LogP contribution in [-0.2, 0) is 16.1 Å². The molecule has 2 N–H and O–H groups in total. The van der Waals surface area contributed by atoms with E-state index in [0.29, 0.717) is 24.9 Å². The van der Waals surface area contributed by atoms with E-state index in [0.717, 1.165) is 25.1 Å². The van der Waals surface area contributed by atoms with Crippen molar-refractivity contribution in [2.24, 2.45) is 0 Å². The van der Waals surface area contributed by atoms with Crippen LogP contribution in [0.3, 0.4) is 0 Å². The van der Waals surface area contributed by atoms with E-state index in [-0.39, 0.29) is 36.7 Å². The lowest BCUT2D eigenvalue weighted by molar-refractivity contribution is -0.139. The van der Waals surface area contributed by atoms with Crippen LogP contribution >= 0.6 is 12.4 Å². The quantitative estimate of drug-likeness (QED) is 0.548. The third-order valence-electron chi connectivity index (χ3n) is 3.73. The van der Waals surface area contributed by atoms with E-state index in [4.69, 9.17) is 0 Å². The lowest BCUT2D eigenvalue weighted by atomic mass is 10.1. The average Bonchev–Trinajstić information content (AvgIpc) is 2.87. The van der Waals surface area contributed by atoms with Gasteiger partial charge in [-0.2, -0.15) is 0 Å². The monoisotopic (exact) mass is 353 g/mol. The summed E-state index contributed by atoms with van der Waals surface area (Å²) in [5.74, 6) is -0.379. The molecule has 1 fully saturated rings. The van der Waals surface area contributed by atoms with E-state index in [1.54, 1.807) is 24.3 Å². The second kappa shape index (κ2) is 10.1. The minimum Gasteiger partial charge on any atom is -0.351 e. The summed E-state index contributed by atoms with van der Waals surface area (Å²) >= 11 is 0. The predicted octanol–water partition coefficient (Wildman–Crippen LogP) is 1.49. The molecule has 1 heterocycles. The van der Waals surface area contributed by atoms with Crippen molar-refractivity contribution in [3.63, 3.8) is 0 Å². The van der Waals surface area contributed by atoms with Gasteiger partial charge in [0.2, 0.25) is 11.8 Å². The van der Waals surface area contributed by atoms with Gasteiger partial charge >= 0.3 is 0 Å². The zero-order valence-corrected chi connectivity index (χ0v) is 14.7. The molecule has 1 aromatic carbocycles. The Morgan fingerprint density at radius 1 is 1.04 bits per heavy atom. The van der Waals surface area contributed by atoms with E-state index in [1.807, 2.05) is 0 Å². The van der Waals surface area contributed by atoms with Crippen LogP contribution < -0.4 is 10.6 Å². The molecule has 0 aliphatic carbocycles. The molecule has 0 unspecified atom stereocenters. The van der Waals surface area contributed by atoms with Gasteiger partial charge in [0.15, 0.2) is 0 Å². The fourth-order valence-electron chi connectivity index (χ4n) is 2.41. The summed E-state index contributed by atoms with van der Waals surface area (Å²) in [5, 5.41) is 6.06. The Kier molecular flexibility index (Phi) is 8.43. The van der Waals surface area contributed by atoms with E-state index in [1.165, 1.54) is 4.90 Å². The van der Waals surface area contributed by atoms with Gasteiger partial charge in [0, 0.05) is 31.5 Å². The maximum absolute atomic E-state index is 12.0. The van der Waals surface area contributed by atoms with E-state index in [2.05, 4.69) is 17.6 Å². The Hall–Kier alpha value is -1.92. The highest BCUT2D eigenvalue weighted by molar-refractivity contribution is 6.01. The summed E-state index contributed by atoms with van der Waals surface area (Å²) in [6.45, 7) is 4.64. The topological polar surface area (TPSA) is 78.5 Å². The fraction of sp³-hybridized carbons (Fsp3) is 0.471. The van der Waals surface area contributed by atoms with Gasteiger partial charge in [-0.1, -0.05) is 19.1 Å². The van der Waals surface area contributed by atoms with E-state index >= 15 is 0 Å². The number of amides is 3. The molecule has 0 aromatic heterocycles. The number of benzene rings is 1. The van der Waals surface area contributed by atoms with Crippen LogP contribution in [0.5, 0.6) is 0 Å². The fourth-order valence-corrected chi connectivity index (χ4v) is 2.41. The molecule has 0 bridgehead atoms. The van der Waals surface area contributed by atoms with Crippen molar-refractivity contribution in [2.45, 2.75) is 32.7 Å². The molecule has 0 atom stereocenters. The van der Waals surface area contributed by atoms with Crippen LogP contribution in [0.2, 0.25) is 0 Å². The predicted molar refractivity (Wildman–Crippen MR) is 94.0 cm³/mol. The lowest BCUT2D eigenvalue weighted by Crippen LogP contribution is -2.32. The van der Waals surface area contributed by atoms with Crippen LogP contribution in [0, 0.1) is 0 Å². The largest absolute Gasteiger partial charge is 0.351 e. The van der Waals surface area contributed by atoms with Crippen molar-refractivity contribution in [1.29, 1.82) is 0 Å². The number of nitrogens with one attached hydrogen (secondary N) is 2. The van der Waals surface area contributed by atoms with Gasteiger partial charge in [-0.15, -0.1) is 12.4 Å². The third-order valence-corrected chi connectivity index (χ3v) is 3.73. The van der Waals surface area contributed by atoms with Crippen molar-refractivity contribution in [3.05, 3.63) is 35.4 Å². The Morgan fingerprint density at radius 3 is 2.25 bits per heavy atom. The van der Waals surface area contributed by atoms with Crippen molar-refractivity contribution < 1.29 is 14.4 Å². The molecule has 2 rings (SSSR count). The van der Waals surface area contributed by atoms with Gasteiger partial charge in [-0.25, -0.2) is 0 Å². The lowest BCUT2D eigenvalue weighted by Gasteiger charge is -2.14. The summed E-state index contributed by atoms with van der Waals surface area (Å²) in [7, 11) is 0. The zero-order chi connectivity index (χ0) is 16.7. The van der Waals surface area contributed by atoms with Crippen LogP contribution in [0.25, 0.3) is 0 Å². The van der Waals surface area contributed by atoms with Gasteiger partial charge in [0.25, 0.3) is 5.91 Å². The van der Waals surface area contributed by atoms with Crippen LogP contribution in [0.4, 0.5) is 0 Å². The van der Waals surface area contributed by atoms with Gasteiger partial charge in [0.05, 0.1) is 6.54 Å². The molecule has 3 amide bonds. The summed E-state index contributed by atoms with van der Waals surface area (Å²) in [6, 6.07) is 7.00. The van der Waals surface area contributed by atoms with E-state index in [9.17, 15) is 14.4 Å². The number of imide groups is 1. The molecule has 6 nitrogen and oxygen atoms in total. The Balaban J connectivity index is 0.00000288. The summed E-state index contributed by atoms with van der Waals surface area (Å²) in [4.78, 5) is 36.4. The third kappa shape index (κ3) is 5.62. The highest BCUT2D eigenvalue weighted by atomic mass is 35.5. The Bertz CT molecular complexity index is 559. The first-order valence-corrected chi connectivity index (χ1v) is 8.03. The highest BCUT2D eigenvalue weighted by Crippen LogP contribution is 2.16. The molecule has 1 aromatic rings. The number of rotatable bonds is 8. The molecule has 1 aliphatic rings. The summed E-state index contributed by atoms with van der Waals surface area (Å²) in [6.07, 6.45) is 1.66. The SMILES string of the molecule is CCCNCCNC(=O)c1ccc(CN2C(=O)CCC2=O)cc1.Cl. The number of halogens is 1. The molecule has 7 heteroatoms. The first kappa shape index (κ1) is 20.1. The molecule has 0 spiro atoms. The molecular formula is C17H24ClN3O3. The van der Waals surface area contributed by atoms with Crippen molar-refractivity contribution in [1.82, 2.24) is 15.5 Å². The minimum atomic E-state index is -0.128. The zero-order valence-electron chi connectivity index (χ0n) is 13.8. The smallest absolute Gasteiger partial charge is 0.251 e. The van der Waals surface area contributed by atoms with Gasteiger partial charge in [-0.3, -0.25) is 19.3 Å². The maximum Gasteiger partial charge on any atom is 0.251 e. The number of nitrogens with zero attached hydrogens (tertiary/aromatic N) is 1. The molecule has 132 valence electrons. The Morgan fingerprint density at radius 2 is 1.67 bits per heavy atom. The number of carbonyl (C=O) groups is 3. The summed E-state index contributed by atoms with van der Waals surface area (Å²) < 4.78 is 0. The number of hydrogen-bond donors (Lipinski definition) is 2. The van der Waals surface area contributed by atoms with Gasteiger partial charge < -0.3 is 10.6 Å². The van der Waals surface area contributed by atoms with Crippen molar-refractivity contribution in [3.8, 4) is 0 Å². The number of likely N-dealkylation sites (tertiary alicyclic amines) is 1. The van der Waals surface area contributed by atoms with Crippen LogP contribution in [-0.4, -0.2) is 42.3 Å². The van der Waals surface area contributed by atoms with E-state index < -0.39 is 0 Å². The molecule has 24 heavy (non-hydrogen) atoms. The molecule has 0 radical (unpaired) electrons. The summed E-state index contributed by atoms with van der Waals surface area (Å²) in [5.41, 5.74) is 1.41. The molecule has 1 aliphatic heterocycles. The van der Waals surface area contributed by atoms with Crippen LogP contribution in [0.1, 0.15) is 42.1 Å². The number of carbonyl (C=O) groups excluding carboxylic acids is 3. The van der Waals surface area contributed by atoms with Crippen molar-refractivity contribution in [2.75, 3.05) is 19.6 Å². The Labute approximate surface area is 148 Å². The minimum absolute atomic E-state index is 0. The highest BCUT2D eigenvalue weighted by Gasteiger charge is 2.28. The van der Waals surface area contributed by atoms with Gasteiger partial charge in [-0.05, 0) is 30.7 Å². The molecule has 0 saturated carbocycles. The van der Waals surface area contributed by atoms with Gasteiger partial charge in [0.1, 0.15) is 0 Å². The van der Waals surface area contributed by atoms with Crippen molar-refractivity contribution >= 4 is 30.1 Å². The normalized spacial score (nSPS) is 13.8.